The van der Waals surface area contributed by atoms with Crippen molar-refractivity contribution in [2.45, 2.75) is 30.5 Å². The van der Waals surface area contributed by atoms with Crippen molar-refractivity contribution >= 4 is 39.7 Å². The van der Waals surface area contributed by atoms with Gasteiger partial charge >= 0.3 is 0 Å². The third kappa shape index (κ3) is 4.67. The predicted octanol–water partition coefficient (Wildman–Crippen LogP) is 2.59. The van der Waals surface area contributed by atoms with Crippen LogP contribution in [0.2, 0.25) is 0 Å². The fourth-order valence-corrected chi connectivity index (χ4v) is 4.12. The van der Waals surface area contributed by atoms with Crippen molar-refractivity contribution in [2.24, 2.45) is 0 Å². The van der Waals surface area contributed by atoms with Crippen LogP contribution in [0.15, 0.2) is 27.3 Å². The molecule has 0 radical (unpaired) electrons. The van der Waals surface area contributed by atoms with Gasteiger partial charge < -0.3 is 14.8 Å². The number of rotatable bonds is 6. The van der Waals surface area contributed by atoms with Gasteiger partial charge in [-0.25, -0.2) is 0 Å². The largest absolute Gasteiger partial charge is 0.497 e. The number of aromatic nitrogens is 4. The topological polar surface area (TPSA) is 108 Å². The summed E-state index contributed by atoms with van der Waals surface area (Å²) >= 11 is 2.42. The Morgan fingerprint density at radius 1 is 1.24 bits per heavy atom. The molecule has 29 heavy (non-hydrogen) atoms. The van der Waals surface area contributed by atoms with E-state index in [0.717, 1.165) is 0 Å². The number of hydrogen-bond acceptors (Lipinski definition) is 9. The predicted molar refractivity (Wildman–Crippen MR) is 113 cm³/mol. The Morgan fingerprint density at radius 2 is 2.00 bits per heavy atom. The van der Waals surface area contributed by atoms with Gasteiger partial charge in [-0.05, 0) is 12.1 Å². The molecule has 0 unspecified atom stereocenters. The molecule has 0 atom stereocenters. The molecule has 1 N–H and O–H groups in total. The molecule has 3 aromatic rings. The van der Waals surface area contributed by atoms with Gasteiger partial charge in [0.05, 0.1) is 25.7 Å². The third-order valence-electron chi connectivity index (χ3n) is 3.89. The lowest BCUT2D eigenvalue weighted by Crippen LogP contribution is -2.30. The molecule has 1 amide bonds. The van der Waals surface area contributed by atoms with E-state index >= 15 is 0 Å². The Hall–Kier alpha value is -2.66. The summed E-state index contributed by atoms with van der Waals surface area (Å²) in [7, 11) is 3.07. The van der Waals surface area contributed by atoms with Crippen LogP contribution in [-0.4, -0.2) is 45.7 Å². The van der Waals surface area contributed by atoms with E-state index in [9.17, 15) is 9.59 Å². The van der Waals surface area contributed by atoms with Gasteiger partial charge in [0, 0.05) is 11.5 Å². The van der Waals surface area contributed by atoms with E-state index in [1.165, 1.54) is 34.7 Å². The van der Waals surface area contributed by atoms with Crippen LogP contribution < -0.4 is 20.3 Å². The highest BCUT2D eigenvalue weighted by Crippen LogP contribution is 2.29. The van der Waals surface area contributed by atoms with Gasteiger partial charge in [0.25, 0.3) is 5.56 Å². The van der Waals surface area contributed by atoms with Crippen molar-refractivity contribution in [3.8, 4) is 11.5 Å². The van der Waals surface area contributed by atoms with Crippen LogP contribution in [-0.2, 0) is 10.2 Å². The minimum Gasteiger partial charge on any atom is -0.497 e. The van der Waals surface area contributed by atoms with E-state index in [-0.39, 0.29) is 17.2 Å². The molecule has 0 saturated heterocycles. The van der Waals surface area contributed by atoms with E-state index in [1.807, 2.05) is 20.8 Å². The maximum atomic E-state index is 12.6. The molecule has 0 saturated carbocycles. The second-order valence-corrected chi connectivity index (χ2v) is 9.25. The van der Waals surface area contributed by atoms with Crippen LogP contribution in [0.1, 0.15) is 26.5 Å². The number of methoxy groups -OCH3 is 2. The maximum absolute atomic E-state index is 12.6. The van der Waals surface area contributed by atoms with E-state index in [0.29, 0.717) is 32.2 Å². The quantitative estimate of drug-likeness (QED) is 0.589. The molecule has 154 valence electrons. The van der Waals surface area contributed by atoms with Gasteiger partial charge in [0.1, 0.15) is 17.2 Å². The van der Waals surface area contributed by atoms with E-state index in [1.54, 1.807) is 25.3 Å². The Bertz CT molecular complexity index is 1100. The monoisotopic (exact) mass is 435 g/mol. The van der Waals surface area contributed by atoms with E-state index < -0.39 is 5.41 Å². The lowest BCUT2D eigenvalue weighted by atomic mass is 9.93. The summed E-state index contributed by atoms with van der Waals surface area (Å²) in [4.78, 5) is 25.4. The standard InChI is InChI=1S/C18H21N5O4S2/c1-18(2,3)14-15(25)23-16(21-20-14)29-17(22-23)28-9-13(24)19-11-8-10(26-4)6-7-12(11)27-5/h6-8H,9H2,1-5H3,(H,19,24). The molecule has 0 fully saturated rings. The Labute approximate surface area is 175 Å². The molecule has 11 heteroatoms. The number of hydrogen-bond donors (Lipinski definition) is 1. The van der Waals surface area contributed by atoms with Crippen molar-refractivity contribution in [1.82, 2.24) is 19.8 Å². The molecule has 0 aliphatic heterocycles. The van der Waals surface area contributed by atoms with Crippen LogP contribution in [0.4, 0.5) is 5.69 Å². The highest BCUT2D eigenvalue weighted by Gasteiger charge is 2.23. The fourth-order valence-electron chi connectivity index (χ4n) is 2.45. The Kier molecular flexibility index (Phi) is 6.08. The van der Waals surface area contributed by atoms with E-state index in [4.69, 9.17) is 9.47 Å². The minimum absolute atomic E-state index is 0.106. The van der Waals surface area contributed by atoms with Gasteiger partial charge in [-0.3, -0.25) is 9.59 Å². The zero-order valence-electron chi connectivity index (χ0n) is 16.7. The normalized spacial score (nSPS) is 11.5. The van der Waals surface area contributed by atoms with Crippen LogP contribution in [0, 0.1) is 0 Å². The minimum atomic E-state index is -0.433. The van der Waals surface area contributed by atoms with Crippen molar-refractivity contribution in [2.75, 3.05) is 25.3 Å². The smallest absolute Gasteiger partial charge is 0.297 e. The number of nitrogens with zero attached hydrogens (tertiary/aromatic N) is 4. The first kappa shape index (κ1) is 21.1. The lowest BCUT2D eigenvalue weighted by molar-refractivity contribution is -0.113. The third-order valence-corrected chi connectivity index (χ3v) is 5.92. The molecular formula is C18H21N5O4S2. The molecule has 0 bridgehead atoms. The average Bonchev–Trinajstić information content (AvgIpc) is 3.09. The highest BCUT2D eigenvalue weighted by molar-refractivity contribution is 8.01. The molecule has 1 aromatic carbocycles. The number of carbonyl (C=O) groups is 1. The summed E-state index contributed by atoms with van der Waals surface area (Å²) in [5.74, 6) is 0.997. The molecule has 9 nitrogen and oxygen atoms in total. The van der Waals surface area contributed by atoms with Crippen molar-refractivity contribution in [3.63, 3.8) is 0 Å². The SMILES string of the molecule is COc1ccc(OC)c(NC(=O)CSc2nn3c(=O)c(C(C)(C)C)nnc3s2)c1. The lowest BCUT2D eigenvalue weighted by Gasteiger charge is -2.14. The summed E-state index contributed by atoms with van der Waals surface area (Å²) in [6.45, 7) is 5.68. The number of amides is 1. The first-order valence-electron chi connectivity index (χ1n) is 8.64. The summed E-state index contributed by atoms with van der Waals surface area (Å²) in [5.41, 5.74) is 0.132. The molecule has 0 spiro atoms. The summed E-state index contributed by atoms with van der Waals surface area (Å²) < 4.78 is 12.2. The second kappa shape index (κ2) is 8.37. The number of nitrogens with one attached hydrogen (secondary N) is 1. The van der Waals surface area contributed by atoms with Crippen LogP contribution >= 0.6 is 23.1 Å². The Balaban J connectivity index is 1.73. The van der Waals surface area contributed by atoms with Crippen molar-refractivity contribution < 1.29 is 14.3 Å². The number of thioether (sulfide) groups is 1. The van der Waals surface area contributed by atoms with Crippen molar-refractivity contribution in [3.05, 3.63) is 34.2 Å². The molecule has 0 aliphatic carbocycles. The first-order valence-corrected chi connectivity index (χ1v) is 10.4. The molecule has 3 rings (SSSR count). The Morgan fingerprint density at radius 3 is 2.66 bits per heavy atom. The molecule has 2 heterocycles. The summed E-state index contributed by atoms with van der Waals surface area (Å²) in [5, 5.41) is 15.2. The highest BCUT2D eigenvalue weighted by atomic mass is 32.2. The molecule has 0 aliphatic rings. The maximum Gasteiger partial charge on any atom is 0.297 e. The van der Waals surface area contributed by atoms with Crippen LogP contribution in [0.25, 0.3) is 4.96 Å². The zero-order chi connectivity index (χ0) is 21.2. The molecule has 2 aromatic heterocycles. The number of carbonyl (C=O) groups excluding carboxylic acids is 1. The average molecular weight is 436 g/mol. The van der Waals surface area contributed by atoms with Gasteiger partial charge in [0.2, 0.25) is 10.9 Å². The fraction of sp³-hybridized carbons (Fsp3) is 0.389. The summed E-state index contributed by atoms with van der Waals surface area (Å²) in [6.07, 6.45) is 0. The van der Waals surface area contributed by atoms with Crippen molar-refractivity contribution in [1.29, 1.82) is 0 Å². The zero-order valence-corrected chi connectivity index (χ0v) is 18.3. The summed E-state index contributed by atoms with van der Waals surface area (Å²) in [6, 6.07) is 5.14. The number of ether oxygens (including phenoxy) is 2. The van der Waals surface area contributed by atoms with Crippen LogP contribution in [0.3, 0.4) is 0 Å². The van der Waals surface area contributed by atoms with Gasteiger partial charge in [-0.15, -0.1) is 15.3 Å². The van der Waals surface area contributed by atoms with Gasteiger partial charge in [-0.1, -0.05) is 43.9 Å². The second-order valence-electron chi connectivity index (χ2n) is 7.07. The number of anilines is 1. The first-order chi connectivity index (χ1) is 13.7. The molecular weight excluding hydrogens is 414 g/mol. The van der Waals surface area contributed by atoms with Gasteiger partial charge in [0.15, 0.2) is 4.34 Å². The number of fused-ring (bicyclic) bond motifs is 1. The van der Waals surface area contributed by atoms with Gasteiger partial charge in [-0.2, -0.15) is 4.52 Å². The van der Waals surface area contributed by atoms with Crippen LogP contribution in [0.5, 0.6) is 11.5 Å². The van der Waals surface area contributed by atoms with E-state index in [2.05, 4.69) is 20.6 Å². The number of benzene rings is 1.